The van der Waals surface area contributed by atoms with Gasteiger partial charge in [0, 0.05) is 6.08 Å². The molecule has 0 aliphatic carbocycles. The van der Waals surface area contributed by atoms with Crippen LogP contribution in [-0.2, 0) is 4.79 Å². The van der Waals surface area contributed by atoms with Gasteiger partial charge < -0.3 is 10.2 Å². The average molecular weight is 144 g/mol. The molecule has 3 nitrogen and oxygen atoms in total. The van der Waals surface area contributed by atoms with Gasteiger partial charge in [-0.15, -0.1) is 0 Å². The number of aliphatic hydroxyl groups is 1. The lowest BCUT2D eigenvalue weighted by Gasteiger charge is -2.05. The van der Waals surface area contributed by atoms with E-state index in [1.165, 1.54) is 0 Å². The summed E-state index contributed by atoms with van der Waals surface area (Å²) in [6.45, 7) is 3.39. The van der Waals surface area contributed by atoms with E-state index in [1.807, 2.05) is 0 Å². The Bertz CT molecular complexity index is 149. The van der Waals surface area contributed by atoms with Gasteiger partial charge in [0.15, 0.2) is 0 Å². The van der Waals surface area contributed by atoms with Crippen molar-refractivity contribution in [2.75, 3.05) is 0 Å². The molecule has 0 bridgehead atoms. The lowest BCUT2D eigenvalue weighted by molar-refractivity contribution is -0.131. The molecule has 0 saturated heterocycles. The summed E-state index contributed by atoms with van der Waals surface area (Å²) < 4.78 is 0. The van der Waals surface area contributed by atoms with Crippen LogP contribution in [0.3, 0.4) is 0 Å². The summed E-state index contributed by atoms with van der Waals surface area (Å²) in [7, 11) is 0. The number of aliphatic hydroxyl groups excluding tert-OH is 1. The molecule has 2 N–H and O–H groups in total. The van der Waals surface area contributed by atoms with E-state index < -0.39 is 12.1 Å². The Balaban J connectivity index is 4.04. The van der Waals surface area contributed by atoms with Gasteiger partial charge in [-0.25, -0.2) is 4.79 Å². The SMILES string of the molecule is CCC(O)/C(C)=C/C(=O)O. The lowest BCUT2D eigenvalue weighted by Crippen LogP contribution is -2.07. The molecule has 0 rings (SSSR count). The predicted octanol–water partition coefficient (Wildman–Crippen LogP) is 0.788. The van der Waals surface area contributed by atoms with Gasteiger partial charge in [0.25, 0.3) is 0 Å². The number of carbonyl (C=O) groups is 1. The molecular weight excluding hydrogens is 132 g/mol. The van der Waals surface area contributed by atoms with Gasteiger partial charge in [0.05, 0.1) is 6.10 Å². The monoisotopic (exact) mass is 144 g/mol. The number of hydrogen-bond acceptors (Lipinski definition) is 2. The Kier molecular flexibility index (Phi) is 3.72. The molecule has 0 heterocycles. The third-order valence-electron chi connectivity index (χ3n) is 1.26. The summed E-state index contributed by atoms with van der Waals surface area (Å²) in [6.07, 6.45) is 0.958. The Labute approximate surface area is 60.0 Å². The zero-order valence-electron chi connectivity index (χ0n) is 6.16. The molecular formula is C7H12O3. The number of carboxylic acid groups (broad SMARTS) is 1. The largest absolute Gasteiger partial charge is 0.478 e. The van der Waals surface area contributed by atoms with Crippen LogP contribution < -0.4 is 0 Å². The molecule has 0 aliphatic rings. The van der Waals surface area contributed by atoms with Crippen molar-refractivity contribution in [1.29, 1.82) is 0 Å². The first-order valence-electron chi connectivity index (χ1n) is 3.17. The summed E-state index contributed by atoms with van der Waals surface area (Å²) in [5.74, 6) is -1.01. The van der Waals surface area contributed by atoms with Crippen molar-refractivity contribution in [3.8, 4) is 0 Å². The van der Waals surface area contributed by atoms with Crippen molar-refractivity contribution in [3.05, 3.63) is 11.6 Å². The molecule has 0 aromatic heterocycles. The van der Waals surface area contributed by atoms with E-state index in [-0.39, 0.29) is 0 Å². The number of aliphatic carboxylic acids is 1. The second-order valence-corrected chi connectivity index (χ2v) is 2.15. The van der Waals surface area contributed by atoms with Crippen LogP contribution in [0.1, 0.15) is 20.3 Å². The molecule has 0 spiro atoms. The Morgan fingerprint density at radius 3 is 2.50 bits per heavy atom. The zero-order valence-corrected chi connectivity index (χ0v) is 6.16. The average Bonchev–Trinajstić information content (AvgIpc) is 1.85. The van der Waals surface area contributed by atoms with E-state index in [0.29, 0.717) is 12.0 Å². The summed E-state index contributed by atoms with van der Waals surface area (Å²) >= 11 is 0. The molecule has 0 amide bonds. The highest BCUT2D eigenvalue weighted by atomic mass is 16.4. The third kappa shape index (κ3) is 3.25. The molecule has 1 atom stereocenters. The fraction of sp³-hybridized carbons (Fsp3) is 0.571. The fourth-order valence-electron chi connectivity index (χ4n) is 0.613. The van der Waals surface area contributed by atoms with Crippen molar-refractivity contribution < 1.29 is 15.0 Å². The van der Waals surface area contributed by atoms with Crippen LogP contribution in [0.5, 0.6) is 0 Å². The van der Waals surface area contributed by atoms with Gasteiger partial charge >= 0.3 is 5.97 Å². The molecule has 0 fully saturated rings. The quantitative estimate of drug-likeness (QED) is 0.576. The minimum absolute atomic E-state index is 0.495. The maximum atomic E-state index is 10.0. The van der Waals surface area contributed by atoms with Gasteiger partial charge in [-0.05, 0) is 18.9 Å². The van der Waals surface area contributed by atoms with Crippen molar-refractivity contribution in [2.45, 2.75) is 26.4 Å². The van der Waals surface area contributed by atoms with Gasteiger partial charge in [-0.3, -0.25) is 0 Å². The minimum Gasteiger partial charge on any atom is -0.478 e. The molecule has 0 aliphatic heterocycles. The van der Waals surface area contributed by atoms with Gasteiger partial charge in [-0.1, -0.05) is 6.92 Å². The first-order chi connectivity index (χ1) is 4.57. The highest BCUT2D eigenvalue weighted by Crippen LogP contribution is 2.03. The fourth-order valence-corrected chi connectivity index (χ4v) is 0.613. The van der Waals surface area contributed by atoms with Crippen molar-refractivity contribution >= 4 is 5.97 Å². The molecule has 1 unspecified atom stereocenters. The summed E-state index contributed by atoms with van der Waals surface area (Å²) in [5.41, 5.74) is 0.495. The van der Waals surface area contributed by atoms with Crippen LogP contribution >= 0.6 is 0 Å². The Hall–Kier alpha value is -0.830. The Morgan fingerprint density at radius 1 is 1.70 bits per heavy atom. The third-order valence-corrected chi connectivity index (χ3v) is 1.26. The lowest BCUT2D eigenvalue weighted by atomic mass is 10.1. The summed E-state index contributed by atoms with van der Waals surface area (Å²) in [5, 5.41) is 17.3. The molecule has 58 valence electrons. The van der Waals surface area contributed by atoms with Crippen LogP contribution in [0, 0.1) is 0 Å². The van der Waals surface area contributed by atoms with Gasteiger partial charge in [0.2, 0.25) is 0 Å². The topological polar surface area (TPSA) is 57.5 Å². The van der Waals surface area contributed by atoms with Crippen LogP contribution in [-0.4, -0.2) is 22.3 Å². The van der Waals surface area contributed by atoms with E-state index in [2.05, 4.69) is 0 Å². The maximum absolute atomic E-state index is 10.0. The van der Waals surface area contributed by atoms with E-state index in [9.17, 15) is 4.79 Å². The number of carboxylic acids is 1. The number of rotatable bonds is 3. The first kappa shape index (κ1) is 9.17. The van der Waals surface area contributed by atoms with E-state index in [4.69, 9.17) is 10.2 Å². The molecule has 0 radical (unpaired) electrons. The van der Waals surface area contributed by atoms with Crippen LogP contribution in [0.25, 0.3) is 0 Å². The van der Waals surface area contributed by atoms with E-state index >= 15 is 0 Å². The molecule has 10 heavy (non-hydrogen) atoms. The van der Waals surface area contributed by atoms with Crippen LogP contribution in [0.4, 0.5) is 0 Å². The summed E-state index contributed by atoms with van der Waals surface area (Å²) in [4.78, 5) is 10.0. The van der Waals surface area contributed by atoms with Crippen molar-refractivity contribution in [2.24, 2.45) is 0 Å². The van der Waals surface area contributed by atoms with Crippen molar-refractivity contribution in [3.63, 3.8) is 0 Å². The second kappa shape index (κ2) is 4.06. The first-order valence-corrected chi connectivity index (χ1v) is 3.17. The highest BCUT2D eigenvalue weighted by Gasteiger charge is 2.03. The standard InChI is InChI=1S/C7H12O3/c1-3-6(8)5(2)4-7(9)10/h4,6,8H,3H2,1-2H3,(H,9,10)/b5-4+. The highest BCUT2D eigenvalue weighted by molar-refractivity contribution is 5.80. The van der Waals surface area contributed by atoms with Crippen molar-refractivity contribution in [1.82, 2.24) is 0 Å². The molecule has 3 heteroatoms. The molecule has 0 aromatic rings. The number of hydrogen-bond donors (Lipinski definition) is 2. The van der Waals surface area contributed by atoms with Gasteiger partial charge in [-0.2, -0.15) is 0 Å². The molecule has 0 aromatic carbocycles. The van der Waals surface area contributed by atoms with E-state index in [1.54, 1.807) is 13.8 Å². The normalized spacial score (nSPS) is 14.9. The van der Waals surface area contributed by atoms with Crippen LogP contribution in [0.2, 0.25) is 0 Å². The second-order valence-electron chi connectivity index (χ2n) is 2.15. The van der Waals surface area contributed by atoms with E-state index in [0.717, 1.165) is 6.08 Å². The van der Waals surface area contributed by atoms with Crippen LogP contribution in [0.15, 0.2) is 11.6 Å². The smallest absolute Gasteiger partial charge is 0.328 e. The van der Waals surface area contributed by atoms with Gasteiger partial charge in [0.1, 0.15) is 0 Å². The molecule has 0 saturated carbocycles. The zero-order chi connectivity index (χ0) is 8.15. The summed E-state index contributed by atoms with van der Waals surface area (Å²) in [6, 6.07) is 0. The maximum Gasteiger partial charge on any atom is 0.328 e. The minimum atomic E-state index is -1.01. The predicted molar refractivity (Wildman–Crippen MR) is 37.7 cm³/mol. The Morgan fingerprint density at radius 2 is 2.20 bits per heavy atom.